The average molecular weight is 300 g/mol. The van der Waals surface area contributed by atoms with Crippen LogP contribution in [0.5, 0.6) is 0 Å². The highest BCUT2D eigenvalue weighted by molar-refractivity contribution is 5.77. The van der Waals surface area contributed by atoms with Gasteiger partial charge in [0.15, 0.2) is 0 Å². The molecule has 0 saturated carbocycles. The van der Waals surface area contributed by atoms with E-state index in [0.29, 0.717) is 12.3 Å². The normalized spacial score (nSPS) is 21.8. The van der Waals surface area contributed by atoms with E-state index in [9.17, 15) is 4.79 Å². The number of pyridine rings is 1. The third-order valence-electron chi connectivity index (χ3n) is 4.59. The van der Waals surface area contributed by atoms with Gasteiger partial charge in [-0.2, -0.15) is 0 Å². The van der Waals surface area contributed by atoms with Gasteiger partial charge in [0.1, 0.15) is 0 Å². The zero-order valence-electron chi connectivity index (χ0n) is 14.1. The van der Waals surface area contributed by atoms with Crippen molar-refractivity contribution < 1.29 is 4.79 Å². The van der Waals surface area contributed by atoms with Crippen molar-refractivity contribution in [2.75, 3.05) is 13.1 Å². The standard InChI is InChI=1S/C19H28N2O/c1-16(2)5-4-10-19(3)11-6-18(22)21(15-19)14-9-17-7-12-20-13-8-17/h5,7-8,12-13H,4,6,9-11,14-15H2,1-3H3. The number of amides is 1. The number of carbonyl (C=O) groups is 1. The second-order valence-electron chi connectivity index (χ2n) is 7.05. The summed E-state index contributed by atoms with van der Waals surface area (Å²) < 4.78 is 0. The van der Waals surface area contributed by atoms with Crippen LogP contribution in [-0.2, 0) is 11.2 Å². The first kappa shape index (κ1) is 16.7. The molecule has 0 spiro atoms. The van der Waals surface area contributed by atoms with Crippen molar-refractivity contribution in [3.63, 3.8) is 0 Å². The molecule has 120 valence electrons. The van der Waals surface area contributed by atoms with Gasteiger partial charge in [0.2, 0.25) is 5.91 Å². The fourth-order valence-corrected chi connectivity index (χ4v) is 3.13. The minimum atomic E-state index is 0.262. The summed E-state index contributed by atoms with van der Waals surface area (Å²) >= 11 is 0. The smallest absolute Gasteiger partial charge is 0.222 e. The molecule has 0 aromatic carbocycles. The Morgan fingerprint density at radius 3 is 2.77 bits per heavy atom. The van der Waals surface area contributed by atoms with Gasteiger partial charge >= 0.3 is 0 Å². The summed E-state index contributed by atoms with van der Waals surface area (Å²) in [5, 5.41) is 0. The van der Waals surface area contributed by atoms with Crippen molar-refractivity contribution >= 4 is 5.91 Å². The van der Waals surface area contributed by atoms with Crippen LogP contribution in [0.15, 0.2) is 36.2 Å². The monoisotopic (exact) mass is 300 g/mol. The highest BCUT2D eigenvalue weighted by atomic mass is 16.2. The minimum absolute atomic E-state index is 0.262. The molecule has 1 aliphatic rings. The summed E-state index contributed by atoms with van der Waals surface area (Å²) in [5.74, 6) is 0.314. The lowest BCUT2D eigenvalue weighted by Gasteiger charge is -2.40. The Morgan fingerprint density at radius 2 is 2.09 bits per heavy atom. The molecule has 0 aliphatic carbocycles. The summed E-state index contributed by atoms with van der Waals surface area (Å²) in [5.41, 5.74) is 2.89. The molecule has 3 nitrogen and oxygen atoms in total. The Bertz CT molecular complexity index is 519. The molecule has 1 saturated heterocycles. The molecule has 1 fully saturated rings. The van der Waals surface area contributed by atoms with E-state index in [1.54, 1.807) is 0 Å². The Morgan fingerprint density at radius 1 is 1.36 bits per heavy atom. The van der Waals surface area contributed by atoms with Crippen molar-refractivity contribution in [1.82, 2.24) is 9.88 Å². The summed E-state index contributed by atoms with van der Waals surface area (Å²) in [6.07, 6.45) is 10.9. The van der Waals surface area contributed by atoms with Gasteiger partial charge in [-0.05, 0) is 62.6 Å². The fraction of sp³-hybridized carbons (Fsp3) is 0.579. The fourth-order valence-electron chi connectivity index (χ4n) is 3.13. The zero-order valence-corrected chi connectivity index (χ0v) is 14.1. The number of rotatable bonds is 6. The lowest BCUT2D eigenvalue weighted by molar-refractivity contribution is -0.137. The van der Waals surface area contributed by atoms with Gasteiger partial charge in [-0.3, -0.25) is 9.78 Å². The highest BCUT2D eigenvalue weighted by Gasteiger charge is 2.33. The van der Waals surface area contributed by atoms with Crippen molar-refractivity contribution in [3.8, 4) is 0 Å². The number of carbonyl (C=O) groups excluding carboxylic acids is 1. The number of piperidine rings is 1. The van der Waals surface area contributed by atoms with E-state index >= 15 is 0 Å². The van der Waals surface area contributed by atoms with Crippen LogP contribution < -0.4 is 0 Å². The first-order chi connectivity index (χ1) is 10.5. The third kappa shape index (κ3) is 4.97. The molecule has 3 heteroatoms. The van der Waals surface area contributed by atoms with Crippen molar-refractivity contribution in [1.29, 1.82) is 0 Å². The lowest BCUT2D eigenvalue weighted by Crippen LogP contribution is -2.45. The van der Waals surface area contributed by atoms with Gasteiger partial charge in [0.25, 0.3) is 0 Å². The van der Waals surface area contributed by atoms with Crippen LogP contribution in [0.3, 0.4) is 0 Å². The Labute approximate surface area is 134 Å². The molecule has 1 aliphatic heterocycles. The number of likely N-dealkylation sites (tertiary alicyclic amines) is 1. The van der Waals surface area contributed by atoms with E-state index < -0.39 is 0 Å². The Balaban J connectivity index is 1.90. The summed E-state index contributed by atoms with van der Waals surface area (Å²) in [6.45, 7) is 8.34. The maximum absolute atomic E-state index is 12.2. The van der Waals surface area contributed by atoms with E-state index in [0.717, 1.165) is 38.8 Å². The van der Waals surface area contributed by atoms with Gasteiger partial charge in [-0.1, -0.05) is 18.6 Å². The van der Waals surface area contributed by atoms with E-state index in [4.69, 9.17) is 0 Å². The largest absolute Gasteiger partial charge is 0.342 e. The molecule has 22 heavy (non-hydrogen) atoms. The third-order valence-corrected chi connectivity index (χ3v) is 4.59. The second kappa shape index (κ2) is 7.57. The van der Waals surface area contributed by atoms with E-state index in [1.807, 2.05) is 24.5 Å². The predicted molar refractivity (Wildman–Crippen MR) is 90.5 cm³/mol. The van der Waals surface area contributed by atoms with Crippen molar-refractivity contribution in [3.05, 3.63) is 41.7 Å². The predicted octanol–water partition coefficient (Wildman–Crippen LogP) is 4.00. The van der Waals surface area contributed by atoms with Crippen LogP contribution in [0.25, 0.3) is 0 Å². The molecule has 2 rings (SSSR count). The quantitative estimate of drug-likeness (QED) is 0.744. The van der Waals surface area contributed by atoms with Crippen LogP contribution in [0, 0.1) is 5.41 Å². The van der Waals surface area contributed by atoms with Crippen LogP contribution in [-0.4, -0.2) is 28.9 Å². The van der Waals surface area contributed by atoms with E-state index in [1.165, 1.54) is 11.1 Å². The maximum atomic E-state index is 12.2. The van der Waals surface area contributed by atoms with Gasteiger partial charge in [-0.15, -0.1) is 0 Å². The molecule has 1 atom stereocenters. The van der Waals surface area contributed by atoms with E-state index in [2.05, 4.69) is 36.7 Å². The molecule has 0 radical (unpaired) electrons. The molecule has 2 heterocycles. The summed E-state index contributed by atoms with van der Waals surface area (Å²) in [6, 6.07) is 4.06. The average Bonchev–Trinajstić information content (AvgIpc) is 2.49. The molecule has 0 N–H and O–H groups in total. The number of nitrogens with zero attached hydrogens (tertiary/aromatic N) is 2. The van der Waals surface area contributed by atoms with Gasteiger partial charge < -0.3 is 4.90 Å². The number of hydrogen-bond donors (Lipinski definition) is 0. The number of hydrogen-bond acceptors (Lipinski definition) is 2. The van der Waals surface area contributed by atoms with Gasteiger partial charge in [0.05, 0.1) is 0 Å². The van der Waals surface area contributed by atoms with Crippen molar-refractivity contribution in [2.45, 2.75) is 52.9 Å². The molecule has 1 aromatic rings. The van der Waals surface area contributed by atoms with Gasteiger partial charge in [-0.25, -0.2) is 0 Å². The molecule has 0 bridgehead atoms. The number of allylic oxidation sites excluding steroid dienone is 2. The molecule has 1 unspecified atom stereocenters. The first-order valence-electron chi connectivity index (χ1n) is 8.29. The molecule has 1 amide bonds. The summed E-state index contributed by atoms with van der Waals surface area (Å²) in [4.78, 5) is 18.3. The molecular formula is C19H28N2O. The van der Waals surface area contributed by atoms with Crippen LogP contribution >= 0.6 is 0 Å². The minimum Gasteiger partial charge on any atom is -0.342 e. The molecular weight excluding hydrogens is 272 g/mol. The second-order valence-corrected chi connectivity index (χ2v) is 7.05. The maximum Gasteiger partial charge on any atom is 0.222 e. The van der Waals surface area contributed by atoms with Crippen molar-refractivity contribution in [2.24, 2.45) is 5.41 Å². The number of aromatic nitrogens is 1. The van der Waals surface area contributed by atoms with E-state index in [-0.39, 0.29) is 5.41 Å². The summed E-state index contributed by atoms with van der Waals surface area (Å²) in [7, 11) is 0. The van der Waals surface area contributed by atoms with Crippen LogP contribution in [0.1, 0.15) is 52.0 Å². The lowest BCUT2D eigenvalue weighted by atomic mass is 9.77. The van der Waals surface area contributed by atoms with Gasteiger partial charge in [0, 0.05) is 31.9 Å². The molecule has 1 aromatic heterocycles. The first-order valence-corrected chi connectivity index (χ1v) is 8.29. The zero-order chi connectivity index (χ0) is 16.0. The van der Waals surface area contributed by atoms with Crippen LogP contribution in [0.4, 0.5) is 0 Å². The highest BCUT2D eigenvalue weighted by Crippen LogP contribution is 2.34. The topological polar surface area (TPSA) is 33.2 Å². The van der Waals surface area contributed by atoms with Crippen LogP contribution in [0.2, 0.25) is 0 Å². The Kier molecular flexibility index (Phi) is 5.76. The Hall–Kier alpha value is -1.64. The SMILES string of the molecule is CC(C)=CCCC1(C)CCC(=O)N(CCc2ccncc2)C1.